The van der Waals surface area contributed by atoms with Crippen molar-refractivity contribution in [2.75, 3.05) is 20.3 Å². The average molecular weight is 503 g/mol. The molecule has 0 aliphatic heterocycles. The predicted molar refractivity (Wildman–Crippen MR) is 146 cm³/mol. The van der Waals surface area contributed by atoms with E-state index < -0.39 is 6.04 Å². The minimum Gasteiger partial charge on any atom is -0.497 e. The van der Waals surface area contributed by atoms with E-state index in [0.29, 0.717) is 39.0 Å². The molecule has 1 N–H and O–H groups in total. The zero-order chi connectivity index (χ0) is 26.5. The van der Waals surface area contributed by atoms with E-state index in [-0.39, 0.29) is 17.9 Å². The molecule has 3 rings (SSSR count). The topological polar surface area (TPSA) is 67.9 Å². The van der Waals surface area contributed by atoms with Gasteiger partial charge < -0.3 is 19.7 Å². The first-order chi connectivity index (χ1) is 18.0. The summed E-state index contributed by atoms with van der Waals surface area (Å²) >= 11 is 0. The van der Waals surface area contributed by atoms with Crippen molar-refractivity contribution in [1.82, 2.24) is 10.2 Å². The third kappa shape index (κ3) is 9.07. The van der Waals surface area contributed by atoms with Crippen molar-refractivity contribution >= 4 is 11.8 Å². The van der Waals surface area contributed by atoms with Crippen LogP contribution >= 0.6 is 0 Å². The zero-order valence-electron chi connectivity index (χ0n) is 22.1. The number of ether oxygens (including phenoxy) is 2. The number of rotatable bonds is 14. The van der Waals surface area contributed by atoms with Crippen molar-refractivity contribution in [2.45, 2.75) is 51.8 Å². The third-order valence-electron chi connectivity index (χ3n) is 6.05. The predicted octanol–water partition coefficient (Wildman–Crippen LogP) is 5.33. The number of amides is 2. The normalized spacial score (nSPS) is 11.7. The first-order valence-electron chi connectivity index (χ1n) is 12.9. The standard InChI is InChI=1S/C31H38N2O4/c1-24(2)37-22-10-21-32-31(35)30(27-13-8-5-9-14-27)33(23-26-15-18-28(36-3)19-16-26)29(34)20-17-25-11-6-4-7-12-25/h4-9,11-16,18-19,24,30H,10,17,20-23H2,1-3H3,(H,32,35)/t30-/m1/s1. The molecule has 37 heavy (non-hydrogen) atoms. The van der Waals surface area contributed by atoms with E-state index >= 15 is 0 Å². The summed E-state index contributed by atoms with van der Waals surface area (Å²) in [5, 5.41) is 3.04. The van der Waals surface area contributed by atoms with E-state index in [1.165, 1.54) is 0 Å². The van der Waals surface area contributed by atoms with Crippen molar-refractivity contribution in [2.24, 2.45) is 0 Å². The van der Waals surface area contributed by atoms with Gasteiger partial charge in [0.15, 0.2) is 0 Å². The molecule has 3 aromatic rings. The maximum Gasteiger partial charge on any atom is 0.247 e. The highest BCUT2D eigenvalue weighted by Crippen LogP contribution is 2.26. The SMILES string of the molecule is COc1ccc(CN(C(=O)CCc2ccccc2)[C@@H](C(=O)NCCCOC(C)C)c2ccccc2)cc1. The van der Waals surface area contributed by atoms with Gasteiger partial charge in [0.1, 0.15) is 11.8 Å². The minimum absolute atomic E-state index is 0.0770. The molecule has 196 valence electrons. The molecule has 0 radical (unpaired) electrons. The van der Waals surface area contributed by atoms with Gasteiger partial charge in [0.25, 0.3) is 0 Å². The lowest BCUT2D eigenvalue weighted by Gasteiger charge is -2.32. The van der Waals surface area contributed by atoms with E-state index in [4.69, 9.17) is 9.47 Å². The van der Waals surface area contributed by atoms with E-state index in [0.717, 1.165) is 22.4 Å². The maximum absolute atomic E-state index is 13.7. The smallest absolute Gasteiger partial charge is 0.247 e. The number of carbonyl (C=O) groups is 2. The Bertz CT molecular complexity index is 1090. The van der Waals surface area contributed by atoms with E-state index in [1.807, 2.05) is 98.8 Å². The average Bonchev–Trinajstić information content (AvgIpc) is 2.92. The van der Waals surface area contributed by atoms with Crippen LogP contribution in [0.5, 0.6) is 5.75 Å². The molecule has 0 aromatic heterocycles. The van der Waals surface area contributed by atoms with Crippen LogP contribution in [0.4, 0.5) is 0 Å². The molecular weight excluding hydrogens is 464 g/mol. The quantitative estimate of drug-likeness (QED) is 0.303. The fourth-order valence-corrected chi connectivity index (χ4v) is 4.10. The number of methoxy groups -OCH3 is 1. The highest BCUT2D eigenvalue weighted by Gasteiger charge is 2.31. The second kappa shape index (κ2) is 14.8. The van der Waals surface area contributed by atoms with Crippen LogP contribution in [-0.2, 0) is 27.3 Å². The zero-order valence-corrected chi connectivity index (χ0v) is 22.1. The summed E-state index contributed by atoms with van der Waals surface area (Å²) in [4.78, 5) is 29.0. The van der Waals surface area contributed by atoms with Crippen LogP contribution in [-0.4, -0.2) is 43.1 Å². The van der Waals surface area contributed by atoms with Crippen LogP contribution in [0.3, 0.4) is 0 Å². The Hall–Kier alpha value is -3.64. The lowest BCUT2D eigenvalue weighted by atomic mass is 10.0. The molecule has 0 heterocycles. The van der Waals surface area contributed by atoms with Crippen LogP contribution in [0.15, 0.2) is 84.9 Å². The summed E-state index contributed by atoms with van der Waals surface area (Å²) in [6, 6.07) is 26.3. The number of aryl methyl sites for hydroxylation is 1. The van der Waals surface area contributed by atoms with Crippen molar-refractivity contribution < 1.29 is 19.1 Å². The molecule has 0 unspecified atom stereocenters. The first-order valence-corrected chi connectivity index (χ1v) is 12.9. The van der Waals surface area contributed by atoms with E-state index in [1.54, 1.807) is 12.0 Å². The monoisotopic (exact) mass is 502 g/mol. The Labute approximate surface area is 220 Å². The van der Waals surface area contributed by atoms with Crippen LogP contribution < -0.4 is 10.1 Å². The molecule has 0 saturated heterocycles. The van der Waals surface area contributed by atoms with Gasteiger partial charge in [-0.15, -0.1) is 0 Å². The van der Waals surface area contributed by atoms with Gasteiger partial charge in [0, 0.05) is 26.1 Å². The third-order valence-corrected chi connectivity index (χ3v) is 6.05. The van der Waals surface area contributed by atoms with Crippen LogP contribution in [0.1, 0.15) is 49.4 Å². The number of nitrogens with zero attached hydrogens (tertiary/aromatic N) is 1. The number of hydrogen-bond acceptors (Lipinski definition) is 4. The Kier molecular flexibility index (Phi) is 11.2. The lowest BCUT2D eigenvalue weighted by Crippen LogP contribution is -2.44. The second-order valence-corrected chi connectivity index (χ2v) is 9.23. The van der Waals surface area contributed by atoms with Gasteiger partial charge in [0.2, 0.25) is 11.8 Å². The summed E-state index contributed by atoms with van der Waals surface area (Å²) in [5.41, 5.74) is 2.79. The highest BCUT2D eigenvalue weighted by atomic mass is 16.5. The van der Waals surface area contributed by atoms with Gasteiger partial charge in [-0.05, 0) is 55.5 Å². The highest BCUT2D eigenvalue weighted by molar-refractivity contribution is 5.88. The summed E-state index contributed by atoms with van der Waals surface area (Å²) in [6.45, 7) is 5.33. The summed E-state index contributed by atoms with van der Waals surface area (Å²) < 4.78 is 10.9. The molecule has 1 atom stereocenters. The molecule has 0 aliphatic carbocycles. The molecule has 0 bridgehead atoms. The second-order valence-electron chi connectivity index (χ2n) is 9.23. The van der Waals surface area contributed by atoms with Crippen LogP contribution in [0, 0.1) is 0 Å². The van der Waals surface area contributed by atoms with Crippen molar-refractivity contribution in [3.05, 3.63) is 102 Å². The first kappa shape index (κ1) is 27.9. The number of benzene rings is 3. The molecule has 2 amide bonds. The molecule has 3 aromatic carbocycles. The van der Waals surface area contributed by atoms with E-state index in [2.05, 4.69) is 5.32 Å². The van der Waals surface area contributed by atoms with Gasteiger partial charge in [-0.25, -0.2) is 0 Å². The summed E-state index contributed by atoms with van der Waals surface area (Å²) in [5.74, 6) is 0.468. The Morgan fingerprint density at radius 1 is 0.865 bits per heavy atom. The lowest BCUT2D eigenvalue weighted by molar-refractivity contribution is -0.141. The number of hydrogen-bond donors (Lipinski definition) is 1. The van der Waals surface area contributed by atoms with Crippen molar-refractivity contribution in [1.29, 1.82) is 0 Å². The summed E-state index contributed by atoms with van der Waals surface area (Å²) in [6.07, 6.45) is 1.76. The van der Waals surface area contributed by atoms with E-state index in [9.17, 15) is 9.59 Å². The van der Waals surface area contributed by atoms with Gasteiger partial charge in [-0.2, -0.15) is 0 Å². The molecule has 0 aliphatic rings. The van der Waals surface area contributed by atoms with Gasteiger partial charge >= 0.3 is 0 Å². The van der Waals surface area contributed by atoms with Gasteiger partial charge in [-0.1, -0.05) is 72.8 Å². The molecule has 6 nitrogen and oxygen atoms in total. The molecular formula is C31H38N2O4. The maximum atomic E-state index is 13.7. The molecule has 0 spiro atoms. The Morgan fingerprint density at radius 3 is 2.14 bits per heavy atom. The Balaban J connectivity index is 1.84. The largest absolute Gasteiger partial charge is 0.497 e. The van der Waals surface area contributed by atoms with Gasteiger partial charge in [0.05, 0.1) is 13.2 Å². The minimum atomic E-state index is -0.752. The number of nitrogens with one attached hydrogen (secondary N) is 1. The summed E-state index contributed by atoms with van der Waals surface area (Å²) in [7, 11) is 1.62. The molecule has 6 heteroatoms. The fourth-order valence-electron chi connectivity index (χ4n) is 4.10. The van der Waals surface area contributed by atoms with Gasteiger partial charge in [-0.3, -0.25) is 9.59 Å². The van der Waals surface area contributed by atoms with Crippen LogP contribution in [0.25, 0.3) is 0 Å². The number of carbonyl (C=O) groups excluding carboxylic acids is 2. The molecule has 0 fully saturated rings. The van der Waals surface area contributed by atoms with Crippen molar-refractivity contribution in [3.8, 4) is 5.75 Å². The Morgan fingerprint density at radius 2 is 1.51 bits per heavy atom. The van der Waals surface area contributed by atoms with Crippen molar-refractivity contribution in [3.63, 3.8) is 0 Å². The van der Waals surface area contributed by atoms with Crippen LogP contribution in [0.2, 0.25) is 0 Å². The molecule has 0 saturated carbocycles. The fraction of sp³-hybridized carbons (Fsp3) is 0.355.